The molecule has 1 saturated heterocycles. The first-order valence-corrected chi connectivity index (χ1v) is 7.81. The number of carbonyl (C=O) groups is 1. The summed E-state index contributed by atoms with van der Waals surface area (Å²) in [6.07, 6.45) is 4.71. The summed E-state index contributed by atoms with van der Waals surface area (Å²) in [5.74, 6) is -0.368. The van der Waals surface area contributed by atoms with Crippen LogP contribution in [0.2, 0.25) is 0 Å². The molecule has 0 spiro atoms. The maximum absolute atomic E-state index is 13.3. The molecule has 4 rings (SSSR count). The molecule has 0 unspecified atom stereocenters. The minimum absolute atomic E-state index is 0.0156. The molecule has 1 fully saturated rings. The molecule has 2 aromatic heterocycles. The quantitative estimate of drug-likeness (QED) is 0.761. The predicted molar refractivity (Wildman–Crippen MR) is 84.5 cm³/mol. The number of halogens is 1. The monoisotopic (exact) mass is 312 g/mol. The van der Waals surface area contributed by atoms with Crippen LogP contribution in [0.3, 0.4) is 0 Å². The van der Waals surface area contributed by atoms with E-state index in [4.69, 9.17) is 0 Å². The Morgan fingerprint density at radius 3 is 3.00 bits per heavy atom. The second-order valence-corrected chi connectivity index (χ2v) is 5.94. The maximum Gasteiger partial charge on any atom is 0.270 e. The zero-order valence-corrected chi connectivity index (χ0v) is 12.6. The highest BCUT2D eigenvalue weighted by molar-refractivity contribution is 5.98. The van der Waals surface area contributed by atoms with Gasteiger partial charge in [0.25, 0.3) is 5.91 Å². The van der Waals surface area contributed by atoms with Crippen molar-refractivity contribution in [1.82, 2.24) is 20.1 Å². The van der Waals surface area contributed by atoms with Crippen LogP contribution in [-0.4, -0.2) is 32.5 Å². The Hall–Kier alpha value is -2.63. The van der Waals surface area contributed by atoms with E-state index in [1.54, 1.807) is 18.3 Å². The first-order chi connectivity index (χ1) is 11.2. The van der Waals surface area contributed by atoms with Gasteiger partial charge in [0.15, 0.2) is 0 Å². The van der Waals surface area contributed by atoms with Crippen molar-refractivity contribution in [2.75, 3.05) is 6.54 Å². The zero-order chi connectivity index (χ0) is 15.8. The number of aromatic nitrogens is 3. The van der Waals surface area contributed by atoms with Gasteiger partial charge in [-0.15, -0.1) is 0 Å². The Morgan fingerprint density at radius 1 is 1.26 bits per heavy atom. The van der Waals surface area contributed by atoms with Gasteiger partial charge in [0.2, 0.25) is 0 Å². The van der Waals surface area contributed by atoms with Crippen molar-refractivity contribution < 1.29 is 9.18 Å². The summed E-state index contributed by atoms with van der Waals surface area (Å²) in [5, 5.41) is 7.81. The van der Waals surface area contributed by atoms with Crippen LogP contribution in [0, 0.1) is 5.82 Å². The minimum Gasteiger partial charge on any atom is -0.350 e. The fourth-order valence-corrected chi connectivity index (χ4v) is 3.32. The molecule has 23 heavy (non-hydrogen) atoms. The number of hydrogen-bond donors (Lipinski definition) is 2. The lowest BCUT2D eigenvalue weighted by molar-refractivity contribution is 0.0601. The summed E-state index contributed by atoms with van der Waals surface area (Å²) in [5.41, 5.74) is 2.10. The molecule has 3 aromatic rings. The molecule has 0 saturated carbocycles. The highest BCUT2D eigenvalue weighted by Gasteiger charge is 2.30. The summed E-state index contributed by atoms with van der Waals surface area (Å²) >= 11 is 0. The number of hydrogen-bond acceptors (Lipinski definition) is 2. The molecule has 0 bridgehead atoms. The van der Waals surface area contributed by atoms with Gasteiger partial charge in [0.1, 0.15) is 11.5 Å². The number of likely N-dealkylation sites (tertiary alicyclic amines) is 1. The smallest absolute Gasteiger partial charge is 0.270 e. The number of benzene rings is 1. The molecule has 6 heteroatoms. The van der Waals surface area contributed by atoms with Gasteiger partial charge in [-0.25, -0.2) is 4.39 Å². The van der Waals surface area contributed by atoms with Crippen LogP contribution in [0.1, 0.15) is 41.5 Å². The number of rotatable bonds is 2. The lowest BCUT2D eigenvalue weighted by Crippen LogP contribution is -2.38. The number of carbonyl (C=O) groups excluding carboxylic acids is 1. The Labute approximate surface area is 132 Å². The van der Waals surface area contributed by atoms with Gasteiger partial charge in [-0.2, -0.15) is 5.10 Å². The van der Waals surface area contributed by atoms with Crippen LogP contribution in [0.4, 0.5) is 4.39 Å². The van der Waals surface area contributed by atoms with Crippen molar-refractivity contribution in [3.8, 4) is 0 Å². The second kappa shape index (κ2) is 5.53. The average molecular weight is 312 g/mol. The van der Waals surface area contributed by atoms with Crippen LogP contribution in [0.25, 0.3) is 10.9 Å². The van der Waals surface area contributed by atoms with E-state index in [9.17, 15) is 9.18 Å². The normalized spacial score (nSPS) is 18.5. The number of nitrogens with zero attached hydrogens (tertiary/aromatic N) is 2. The van der Waals surface area contributed by atoms with Gasteiger partial charge in [-0.1, -0.05) is 0 Å². The number of piperidine rings is 1. The van der Waals surface area contributed by atoms with Crippen molar-refractivity contribution in [2.45, 2.75) is 25.3 Å². The molecule has 118 valence electrons. The molecule has 1 aliphatic heterocycles. The van der Waals surface area contributed by atoms with Gasteiger partial charge in [-0.3, -0.25) is 9.89 Å². The van der Waals surface area contributed by atoms with Crippen LogP contribution in [0.15, 0.2) is 36.5 Å². The van der Waals surface area contributed by atoms with Crippen molar-refractivity contribution >= 4 is 16.8 Å². The average Bonchev–Trinajstić information content (AvgIpc) is 3.23. The summed E-state index contributed by atoms with van der Waals surface area (Å²) in [7, 11) is 0. The van der Waals surface area contributed by atoms with Crippen LogP contribution >= 0.6 is 0 Å². The van der Waals surface area contributed by atoms with Crippen molar-refractivity contribution in [1.29, 1.82) is 0 Å². The molecule has 1 aromatic carbocycles. The van der Waals surface area contributed by atoms with E-state index in [1.807, 2.05) is 11.0 Å². The summed E-state index contributed by atoms with van der Waals surface area (Å²) < 4.78 is 13.3. The largest absolute Gasteiger partial charge is 0.350 e. The lowest BCUT2D eigenvalue weighted by Gasteiger charge is -2.34. The molecule has 1 atom stereocenters. The fraction of sp³-hybridized carbons (Fsp3) is 0.294. The van der Waals surface area contributed by atoms with Gasteiger partial charge < -0.3 is 9.88 Å². The van der Waals surface area contributed by atoms with E-state index in [-0.39, 0.29) is 17.8 Å². The molecule has 2 N–H and O–H groups in total. The molecular formula is C17H17FN4O. The van der Waals surface area contributed by atoms with E-state index in [0.29, 0.717) is 17.8 Å². The maximum atomic E-state index is 13.3. The summed E-state index contributed by atoms with van der Waals surface area (Å²) in [6.45, 7) is 0.715. The Bertz CT molecular complexity index is 840. The fourth-order valence-electron chi connectivity index (χ4n) is 3.32. The van der Waals surface area contributed by atoms with E-state index in [0.717, 1.165) is 30.3 Å². The highest BCUT2D eigenvalue weighted by atomic mass is 19.1. The zero-order valence-electron chi connectivity index (χ0n) is 12.6. The molecule has 1 aliphatic rings. The van der Waals surface area contributed by atoms with Gasteiger partial charge in [0, 0.05) is 23.6 Å². The van der Waals surface area contributed by atoms with E-state index in [1.165, 1.54) is 12.1 Å². The molecule has 5 nitrogen and oxygen atoms in total. The minimum atomic E-state index is -0.313. The third-order valence-electron chi connectivity index (χ3n) is 4.46. The molecule has 1 amide bonds. The molecule has 3 heterocycles. The standard InChI is InChI=1S/C17H17FN4O/c18-12-5-4-11-9-15(20-14(11)10-12)17(23)22-8-2-1-3-16(22)13-6-7-19-21-13/h4-7,9-10,16,20H,1-3,8H2,(H,19,21)/t16-/m1/s1. The number of H-pyrrole nitrogens is 2. The topological polar surface area (TPSA) is 64.8 Å². The van der Waals surface area contributed by atoms with Crippen LogP contribution in [0.5, 0.6) is 0 Å². The van der Waals surface area contributed by atoms with Crippen molar-refractivity contribution in [3.05, 3.63) is 53.7 Å². The SMILES string of the molecule is O=C(c1cc2ccc(F)cc2[nH]1)N1CCCC[C@@H]1c1ccn[nH]1. The van der Waals surface area contributed by atoms with Gasteiger partial charge in [0.05, 0.1) is 11.7 Å². The van der Waals surface area contributed by atoms with Crippen LogP contribution < -0.4 is 0 Å². The predicted octanol–water partition coefficient (Wildman–Crippen LogP) is 3.40. The van der Waals surface area contributed by atoms with E-state index in [2.05, 4.69) is 15.2 Å². The number of aromatic amines is 2. The molecule has 0 aliphatic carbocycles. The first kappa shape index (κ1) is 14.0. The van der Waals surface area contributed by atoms with E-state index < -0.39 is 0 Å². The molecular weight excluding hydrogens is 295 g/mol. The van der Waals surface area contributed by atoms with Gasteiger partial charge in [-0.05, 0) is 49.6 Å². The van der Waals surface area contributed by atoms with E-state index >= 15 is 0 Å². The lowest BCUT2D eigenvalue weighted by atomic mass is 9.99. The molecule has 0 radical (unpaired) electrons. The van der Waals surface area contributed by atoms with Gasteiger partial charge >= 0.3 is 0 Å². The third kappa shape index (κ3) is 2.50. The first-order valence-electron chi connectivity index (χ1n) is 7.81. The third-order valence-corrected chi connectivity index (χ3v) is 4.46. The van der Waals surface area contributed by atoms with Crippen LogP contribution in [-0.2, 0) is 0 Å². The Balaban J connectivity index is 1.67. The van der Waals surface area contributed by atoms with Crippen molar-refractivity contribution in [2.24, 2.45) is 0 Å². The number of fused-ring (bicyclic) bond motifs is 1. The number of nitrogens with one attached hydrogen (secondary N) is 2. The summed E-state index contributed by atoms with van der Waals surface area (Å²) in [6, 6.07) is 8.21. The highest BCUT2D eigenvalue weighted by Crippen LogP contribution is 2.31. The summed E-state index contributed by atoms with van der Waals surface area (Å²) in [4.78, 5) is 17.8. The Morgan fingerprint density at radius 2 is 2.17 bits per heavy atom. The second-order valence-electron chi connectivity index (χ2n) is 5.94. The number of amides is 1. The van der Waals surface area contributed by atoms with Crippen molar-refractivity contribution in [3.63, 3.8) is 0 Å². The Kier molecular flexibility index (Phi) is 3.37.